The lowest BCUT2D eigenvalue weighted by atomic mass is 10.2. The summed E-state index contributed by atoms with van der Waals surface area (Å²) >= 11 is 12.0. The van der Waals surface area contributed by atoms with E-state index in [4.69, 9.17) is 27.9 Å². The fraction of sp³-hybridized carbons (Fsp3) is 0.143. The third-order valence-electron chi connectivity index (χ3n) is 2.53. The molecule has 0 fully saturated rings. The van der Waals surface area contributed by atoms with Gasteiger partial charge in [-0.15, -0.1) is 0 Å². The highest BCUT2D eigenvalue weighted by Crippen LogP contribution is 2.32. The highest BCUT2D eigenvalue weighted by atomic mass is 35.5. The molecule has 0 atom stereocenters. The molecule has 0 aliphatic rings. The molecular weight excluding hydrogens is 301 g/mol. The Bertz CT molecular complexity index is 594. The van der Waals surface area contributed by atoms with Crippen molar-refractivity contribution in [3.05, 3.63) is 57.8 Å². The summed E-state index contributed by atoms with van der Waals surface area (Å²) in [5, 5.41) is 0.868. The van der Waals surface area contributed by atoms with Crippen LogP contribution in [0.5, 0.6) is 5.75 Å². The van der Waals surface area contributed by atoms with Gasteiger partial charge in [-0.1, -0.05) is 29.3 Å². The van der Waals surface area contributed by atoms with E-state index >= 15 is 0 Å². The van der Waals surface area contributed by atoms with Crippen LogP contribution in [0, 0.1) is 0 Å². The van der Waals surface area contributed by atoms with E-state index in [2.05, 4.69) is 9.72 Å². The Labute approximate surface area is 126 Å². The third kappa shape index (κ3) is 3.40. The maximum atomic E-state index is 11.3. The first kappa shape index (κ1) is 14.6. The number of pyridine rings is 1. The molecule has 6 heteroatoms. The molecule has 1 aromatic carbocycles. The first-order valence-electron chi connectivity index (χ1n) is 5.72. The summed E-state index contributed by atoms with van der Waals surface area (Å²) in [6.07, 6.45) is 1.43. The summed E-state index contributed by atoms with van der Waals surface area (Å²) in [5.41, 5.74) is 1.03. The second kappa shape index (κ2) is 6.59. The van der Waals surface area contributed by atoms with Gasteiger partial charge in [-0.2, -0.15) is 0 Å². The van der Waals surface area contributed by atoms with Gasteiger partial charge in [0.05, 0.1) is 28.4 Å². The predicted octanol–water partition coefficient (Wildman–Crippen LogP) is 3.75. The number of hydrogen-bond acceptors (Lipinski definition) is 4. The number of rotatable bonds is 4. The molecule has 0 saturated heterocycles. The Kier molecular flexibility index (Phi) is 4.82. The molecule has 0 aliphatic heterocycles. The third-order valence-corrected chi connectivity index (χ3v) is 3.12. The number of benzene rings is 1. The number of esters is 1. The molecule has 0 amide bonds. The highest BCUT2D eigenvalue weighted by molar-refractivity contribution is 6.37. The Hall–Kier alpha value is -1.78. The van der Waals surface area contributed by atoms with Crippen LogP contribution in [0.15, 0.2) is 36.5 Å². The summed E-state index contributed by atoms with van der Waals surface area (Å²) in [6, 6.07) is 8.41. The van der Waals surface area contributed by atoms with Crippen LogP contribution in [0.3, 0.4) is 0 Å². The van der Waals surface area contributed by atoms with E-state index in [1.807, 2.05) is 0 Å². The van der Waals surface area contributed by atoms with E-state index in [1.54, 1.807) is 30.3 Å². The van der Waals surface area contributed by atoms with Crippen molar-refractivity contribution >= 4 is 29.2 Å². The molecule has 0 saturated carbocycles. The Morgan fingerprint density at radius 2 is 1.90 bits per heavy atom. The lowest BCUT2D eigenvalue weighted by Gasteiger charge is -2.09. The van der Waals surface area contributed by atoms with Crippen molar-refractivity contribution in [2.45, 2.75) is 6.61 Å². The largest absolute Gasteiger partial charge is 0.484 e. The number of para-hydroxylation sites is 1. The van der Waals surface area contributed by atoms with E-state index in [0.29, 0.717) is 27.1 Å². The molecule has 0 spiro atoms. The van der Waals surface area contributed by atoms with E-state index in [9.17, 15) is 4.79 Å². The molecule has 104 valence electrons. The van der Waals surface area contributed by atoms with Gasteiger partial charge in [0.25, 0.3) is 0 Å². The molecule has 2 aromatic rings. The summed E-state index contributed by atoms with van der Waals surface area (Å²) < 4.78 is 10.1. The van der Waals surface area contributed by atoms with Gasteiger partial charge < -0.3 is 9.47 Å². The first-order chi connectivity index (χ1) is 9.61. The van der Waals surface area contributed by atoms with Gasteiger partial charge in [-0.3, -0.25) is 4.98 Å². The monoisotopic (exact) mass is 311 g/mol. The van der Waals surface area contributed by atoms with Gasteiger partial charge in [-0.25, -0.2) is 4.79 Å². The molecule has 1 aromatic heterocycles. The van der Waals surface area contributed by atoms with Gasteiger partial charge >= 0.3 is 5.97 Å². The Morgan fingerprint density at radius 1 is 1.20 bits per heavy atom. The molecule has 2 rings (SSSR count). The fourth-order valence-electron chi connectivity index (χ4n) is 1.51. The number of hydrogen-bond donors (Lipinski definition) is 0. The van der Waals surface area contributed by atoms with Gasteiger partial charge in [0.1, 0.15) is 6.61 Å². The lowest BCUT2D eigenvalue weighted by Crippen LogP contribution is -2.04. The second-order valence-corrected chi connectivity index (χ2v) is 4.68. The minimum atomic E-state index is -0.431. The number of nitrogens with zero attached hydrogens (tertiary/aromatic N) is 1. The van der Waals surface area contributed by atoms with Crippen molar-refractivity contribution in [2.75, 3.05) is 7.11 Å². The minimum Gasteiger partial charge on any atom is -0.484 e. The van der Waals surface area contributed by atoms with Gasteiger partial charge in [0.2, 0.25) is 0 Å². The summed E-state index contributed by atoms with van der Waals surface area (Å²) in [5.74, 6) is -0.0196. The number of carbonyl (C=O) groups is 1. The van der Waals surface area contributed by atoms with Crippen LogP contribution in [-0.2, 0) is 11.3 Å². The maximum absolute atomic E-state index is 11.3. The van der Waals surface area contributed by atoms with Crippen LogP contribution < -0.4 is 4.74 Å². The predicted molar refractivity (Wildman–Crippen MR) is 76.4 cm³/mol. The van der Waals surface area contributed by atoms with Crippen LogP contribution in [0.4, 0.5) is 0 Å². The minimum absolute atomic E-state index is 0.199. The average molecular weight is 312 g/mol. The Morgan fingerprint density at radius 3 is 2.45 bits per heavy atom. The number of methoxy groups -OCH3 is 1. The smallest absolute Gasteiger partial charge is 0.339 e. The van der Waals surface area contributed by atoms with Crippen molar-refractivity contribution in [3.8, 4) is 5.75 Å². The number of aromatic nitrogens is 1. The zero-order valence-electron chi connectivity index (χ0n) is 10.6. The average Bonchev–Trinajstić information content (AvgIpc) is 2.46. The zero-order chi connectivity index (χ0) is 14.5. The molecule has 4 nitrogen and oxygen atoms in total. The van der Waals surface area contributed by atoms with Crippen LogP contribution in [-0.4, -0.2) is 18.1 Å². The molecular formula is C14H11Cl2NO3. The Balaban J connectivity index is 2.06. The van der Waals surface area contributed by atoms with Crippen molar-refractivity contribution in [3.63, 3.8) is 0 Å². The van der Waals surface area contributed by atoms with Gasteiger partial charge in [0.15, 0.2) is 5.75 Å². The summed E-state index contributed by atoms with van der Waals surface area (Å²) in [6.45, 7) is 0.199. The number of carbonyl (C=O) groups excluding carboxylic acids is 1. The van der Waals surface area contributed by atoms with Crippen LogP contribution in [0.25, 0.3) is 0 Å². The number of halogens is 2. The lowest BCUT2D eigenvalue weighted by molar-refractivity contribution is 0.0600. The van der Waals surface area contributed by atoms with E-state index in [0.717, 1.165) is 0 Å². The second-order valence-electron chi connectivity index (χ2n) is 3.87. The van der Waals surface area contributed by atoms with Gasteiger partial charge in [-0.05, 0) is 24.3 Å². The van der Waals surface area contributed by atoms with E-state index in [-0.39, 0.29) is 6.61 Å². The maximum Gasteiger partial charge on any atom is 0.339 e. The van der Waals surface area contributed by atoms with Gasteiger partial charge in [0, 0.05) is 6.20 Å². The van der Waals surface area contributed by atoms with Crippen molar-refractivity contribution in [1.82, 2.24) is 4.98 Å². The normalized spacial score (nSPS) is 10.2. The number of ether oxygens (including phenoxy) is 2. The molecule has 1 heterocycles. The van der Waals surface area contributed by atoms with E-state index < -0.39 is 5.97 Å². The highest BCUT2D eigenvalue weighted by Gasteiger charge is 2.09. The molecule has 0 bridgehead atoms. The van der Waals surface area contributed by atoms with Crippen LogP contribution in [0.1, 0.15) is 16.1 Å². The molecule has 20 heavy (non-hydrogen) atoms. The van der Waals surface area contributed by atoms with Crippen LogP contribution >= 0.6 is 23.2 Å². The SMILES string of the molecule is COC(=O)c1ccc(COc2c(Cl)cccc2Cl)nc1. The van der Waals surface area contributed by atoms with Crippen LogP contribution in [0.2, 0.25) is 10.0 Å². The zero-order valence-corrected chi connectivity index (χ0v) is 12.1. The molecule has 0 aliphatic carbocycles. The summed E-state index contributed by atoms with van der Waals surface area (Å²) in [4.78, 5) is 15.4. The summed E-state index contributed by atoms with van der Waals surface area (Å²) in [7, 11) is 1.32. The molecule has 0 N–H and O–H groups in total. The molecule has 0 radical (unpaired) electrons. The first-order valence-corrected chi connectivity index (χ1v) is 6.47. The fourth-order valence-corrected chi connectivity index (χ4v) is 2.02. The van der Waals surface area contributed by atoms with Crippen molar-refractivity contribution in [1.29, 1.82) is 0 Å². The molecule has 0 unspecified atom stereocenters. The topological polar surface area (TPSA) is 48.4 Å². The standard InChI is InChI=1S/C14H11Cl2NO3/c1-19-14(18)9-5-6-10(17-7-9)8-20-13-11(15)3-2-4-12(13)16/h2-7H,8H2,1H3. The van der Waals surface area contributed by atoms with Crippen molar-refractivity contribution < 1.29 is 14.3 Å². The quantitative estimate of drug-likeness (QED) is 0.807. The van der Waals surface area contributed by atoms with Crippen molar-refractivity contribution in [2.24, 2.45) is 0 Å². The van der Waals surface area contributed by atoms with E-state index in [1.165, 1.54) is 13.3 Å².